The van der Waals surface area contributed by atoms with Crippen LogP contribution in [0.2, 0.25) is 0 Å². The number of rotatable bonds is 8. The van der Waals surface area contributed by atoms with Crippen molar-refractivity contribution in [1.82, 2.24) is 5.32 Å². The van der Waals surface area contributed by atoms with Crippen molar-refractivity contribution in [1.29, 1.82) is 0 Å². The molecular formula is C14H19F3N2O2. The molecule has 0 aliphatic heterocycles. The smallest absolute Gasteiger partial charge is 0.372 e. The van der Waals surface area contributed by atoms with Gasteiger partial charge >= 0.3 is 6.18 Å². The number of halogens is 3. The Morgan fingerprint density at radius 2 is 1.95 bits per heavy atom. The minimum Gasteiger partial charge on any atom is -0.372 e. The van der Waals surface area contributed by atoms with E-state index in [1.807, 2.05) is 30.3 Å². The highest BCUT2D eigenvalue weighted by molar-refractivity contribution is 5.75. The van der Waals surface area contributed by atoms with Gasteiger partial charge in [-0.15, -0.1) is 0 Å². The SMILES string of the molecule is NC(CCNC(=O)CCOCC(F)(F)F)c1ccccc1. The first-order chi connectivity index (χ1) is 9.88. The summed E-state index contributed by atoms with van der Waals surface area (Å²) in [6.45, 7) is -1.22. The number of nitrogens with one attached hydrogen (secondary N) is 1. The summed E-state index contributed by atoms with van der Waals surface area (Å²) in [5.74, 6) is -0.350. The van der Waals surface area contributed by atoms with Crippen LogP contribution < -0.4 is 11.1 Å². The van der Waals surface area contributed by atoms with Crippen LogP contribution in [0, 0.1) is 0 Å². The molecule has 1 aromatic carbocycles. The Morgan fingerprint density at radius 1 is 1.29 bits per heavy atom. The van der Waals surface area contributed by atoms with E-state index in [9.17, 15) is 18.0 Å². The summed E-state index contributed by atoms with van der Waals surface area (Å²) in [6.07, 6.45) is -3.91. The summed E-state index contributed by atoms with van der Waals surface area (Å²) in [7, 11) is 0. The van der Waals surface area contributed by atoms with Crippen LogP contribution in [0.25, 0.3) is 0 Å². The number of carbonyl (C=O) groups is 1. The fourth-order valence-corrected chi connectivity index (χ4v) is 1.68. The molecule has 7 heteroatoms. The van der Waals surface area contributed by atoms with Gasteiger partial charge in [-0.2, -0.15) is 13.2 Å². The van der Waals surface area contributed by atoms with Gasteiger partial charge in [0.15, 0.2) is 0 Å². The van der Waals surface area contributed by atoms with Crippen LogP contribution in [0.3, 0.4) is 0 Å². The van der Waals surface area contributed by atoms with Crippen molar-refractivity contribution in [3.63, 3.8) is 0 Å². The highest BCUT2D eigenvalue weighted by atomic mass is 19.4. The fraction of sp³-hybridized carbons (Fsp3) is 0.500. The standard InChI is InChI=1S/C14H19F3N2O2/c15-14(16,17)10-21-9-7-13(20)19-8-6-12(18)11-4-2-1-3-5-11/h1-5,12H,6-10,18H2,(H,19,20). The Morgan fingerprint density at radius 3 is 2.57 bits per heavy atom. The molecule has 0 aromatic heterocycles. The third kappa shape index (κ3) is 8.31. The number of benzene rings is 1. The molecule has 0 heterocycles. The van der Waals surface area contributed by atoms with Crippen LogP contribution in [0.4, 0.5) is 13.2 Å². The van der Waals surface area contributed by atoms with Gasteiger partial charge in [-0.25, -0.2) is 0 Å². The maximum absolute atomic E-state index is 11.8. The lowest BCUT2D eigenvalue weighted by Crippen LogP contribution is -2.28. The Labute approximate surface area is 121 Å². The van der Waals surface area contributed by atoms with E-state index in [0.29, 0.717) is 13.0 Å². The van der Waals surface area contributed by atoms with Gasteiger partial charge < -0.3 is 15.8 Å². The fourth-order valence-electron chi connectivity index (χ4n) is 1.68. The molecule has 118 valence electrons. The minimum absolute atomic E-state index is 0.101. The van der Waals surface area contributed by atoms with Crippen LogP contribution in [0.15, 0.2) is 30.3 Å². The lowest BCUT2D eigenvalue weighted by atomic mass is 10.1. The highest BCUT2D eigenvalue weighted by Gasteiger charge is 2.27. The molecule has 1 rings (SSSR count). The largest absolute Gasteiger partial charge is 0.411 e. The van der Waals surface area contributed by atoms with Crippen molar-refractivity contribution in [2.75, 3.05) is 19.8 Å². The summed E-state index contributed by atoms with van der Waals surface area (Å²) < 4.78 is 39.7. The van der Waals surface area contributed by atoms with Crippen molar-refractivity contribution >= 4 is 5.91 Å². The third-order valence-corrected chi connectivity index (χ3v) is 2.74. The first kappa shape index (κ1) is 17.5. The van der Waals surface area contributed by atoms with E-state index in [-0.39, 0.29) is 25.0 Å². The average Bonchev–Trinajstić information content (AvgIpc) is 2.43. The van der Waals surface area contributed by atoms with Crippen LogP contribution in [0.1, 0.15) is 24.4 Å². The molecule has 21 heavy (non-hydrogen) atoms. The Bertz CT molecular complexity index is 424. The van der Waals surface area contributed by atoms with E-state index in [2.05, 4.69) is 10.1 Å². The summed E-state index contributed by atoms with van der Waals surface area (Å²) in [4.78, 5) is 11.4. The molecule has 0 bridgehead atoms. The van der Waals surface area contributed by atoms with Gasteiger partial charge in [0, 0.05) is 19.0 Å². The molecule has 1 unspecified atom stereocenters. The third-order valence-electron chi connectivity index (χ3n) is 2.74. The van der Waals surface area contributed by atoms with E-state index in [1.165, 1.54) is 0 Å². The molecule has 0 aliphatic carbocycles. The van der Waals surface area contributed by atoms with Gasteiger partial charge in [0.1, 0.15) is 6.61 Å². The van der Waals surface area contributed by atoms with Crippen molar-refractivity contribution in [3.8, 4) is 0 Å². The van der Waals surface area contributed by atoms with Crippen LogP contribution in [0.5, 0.6) is 0 Å². The second kappa shape index (κ2) is 8.63. The number of carbonyl (C=O) groups excluding carboxylic acids is 1. The second-order valence-corrected chi connectivity index (χ2v) is 4.57. The van der Waals surface area contributed by atoms with Crippen LogP contribution in [-0.4, -0.2) is 31.8 Å². The zero-order valence-electron chi connectivity index (χ0n) is 11.5. The molecule has 0 radical (unpaired) electrons. The number of hydrogen-bond donors (Lipinski definition) is 2. The van der Waals surface area contributed by atoms with Crippen molar-refractivity contribution in [3.05, 3.63) is 35.9 Å². The van der Waals surface area contributed by atoms with Gasteiger partial charge in [-0.05, 0) is 12.0 Å². The van der Waals surface area contributed by atoms with E-state index in [0.717, 1.165) is 5.56 Å². The summed E-state index contributed by atoms with van der Waals surface area (Å²) in [6, 6.07) is 9.26. The van der Waals surface area contributed by atoms with Crippen molar-refractivity contribution in [2.45, 2.75) is 25.1 Å². The van der Waals surface area contributed by atoms with E-state index >= 15 is 0 Å². The Kier molecular flexibility index (Phi) is 7.18. The highest BCUT2D eigenvalue weighted by Crippen LogP contribution is 2.14. The molecule has 0 aliphatic rings. The Balaban J connectivity index is 2.11. The quantitative estimate of drug-likeness (QED) is 0.723. The molecule has 0 spiro atoms. The summed E-state index contributed by atoms with van der Waals surface area (Å²) >= 11 is 0. The van der Waals surface area contributed by atoms with Crippen LogP contribution in [-0.2, 0) is 9.53 Å². The maximum atomic E-state index is 11.8. The monoisotopic (exact) mass is 304 g/mol. The summed E-state index contributed by atoms with van der Waals surface area (Å²) in [5.41, 5.74) is 6.92. The van der Waals surface area contributed by atoms with Gasteiger partial charge in [0.2, 0.25) is 5.91 Å². The molecule has 1 atom stereocenters. The molecule has 1 aromatic rings. The van der Waals surface area contributed by atoms with E-state index in [4.69, 9.17) is 5.73 Å². The first-order valence-corrected chi connectivity index (χ1v) is 6.60. The zero-order valence-corrected chi connectivity index (χ0v) is 11.5. The molecular weight excluding hydrogens is 285 g/mol. The molecule has 1 amide bonds. The topological polar surface area (TPSA) is 64.3 Å². The second-order valence-electron chi connectivity index (χ2n) is 4.57. The number of hydrogen-bond acceptors (Lipinski definition) is 3. The predicted octanol–water partition coefficient (Wildman–Crippen LogP) is 2.16. The predicted molar refractivity (Wildman–Crippen MR) is 72.5 cm³/mol. The van der Waals surface area contributed by atoms with Crippen molar-refractivity contribution < 1.29 is 22.7 Å². The maximum Gasteiger partial charge on any atom is 0.411 e. The first-order valence-electron chi connectivity index (χ1n) is 6.60. The molecule has 0 fully saturated rings. The number of nitrogens with two attached hydrogens (primary N) is 1. The lowest BCUT2D eigenvalue weighted by Gasteiger charge is -2.12. The Hall–Kier alpha value is -1.60. The zero-order chi connectivity index (χ0) is 15.7. The lowest BCUT2D eigenvalue weighted by molar-refractivity contribution is -0.174. The average molecular weight is 304 g/mol. The normalized spacial score (nSPS) is 13.0. The number of ether oxygens (including phenoxy) is 1. The molecule has 3 N–H and O–H groups in total. The minimum atomic E-state index is -4.36. The molecule has 0 saturated heterocycles. The van der Waals surface area contributed by atoms with Gasteiger partial charge in [0.25, 0.3) is 0 Å². The van der Waals surface area contributed by atoms with Gasteiger partial charge in [0.05, 0.1) is 6.61 Å². The summed E-state index contributed by atoms with van der Waals surface area (Å²) in [5, 5.41) is 2.60. The molecule has 0 saturated carbocycles. The van der Waals surface area contributed by atoms with Gasteiger partial charge in [-0.1, -0.05) is 30.3 Å². The van der Waals surface area contributed by atoms with Gasteiger partial charge in [-0.3, -0.25) is 4.79 Å². The van der Waals surface area contributed by atoms with E-state index < -0.39 is 12.8 Å². The van der Waals surface area contributed by atoms with E-state index in [1.54, 1.807) is 0 Å². The molecule has 4 nitrogen and oxygen atoms in total. The number of alkyl halides is 3. The van der Waals surface area contributed by atoms with Crippen LogP contribution >= 0.6 is 0 Å². The van der Waals surface area contributed by atoms with Crippen molar-refractivity contribution in [2.24, 2.45) is 5.73 Å². The number of amides is 1.